The van der Waals surface area contributed by atoms with Crippen LogP contribution in [0.25, 0.3) is 0 Å². The van der Waals surface area contributed by atoms with Crippen molar-refractivity contribution in [2.45, 2.75) is 53.1 Å². The number of anilines is 1. The predicted molar refractivity (Wildman–Crippen MR) is 81.6 cm³/mol. The van der Waals surface area contributed by atoms with Crippen molar-refractivity contribution in [3.05, 3.63) is 23.4 Å². The van der Waals surface area contributed by atoms with Gasteiger partial charge in [-0.1, -0.05) is 13.8 Å². The highest BCUT2D eigenvalue weighted by molar-refractivity contribution is 5.49. The van der Waals surface area contributed by atoms with Gasteiger partial charge in [-0.15, -0.1) is 0 Å². The third-order valence-corrected chi connectivity index (χ3v) is 3.81. The molecule has 0 radical (unpaired) electrons. The lowest BCUT2D eigenvalue weighted by atomic mass is 10.1. The zero-order valence-corrected chi connectivity index (χ0v) is 12.7. The second-order valence-electron chi connectivity index (χ2n) is 6.19. The number of hydrogen-bond acceptors (Lipinski definition) is 3. The van der Waals surface area contributed by atoms with Crippen LogP contribution in [0.2, 0.25) is 0 Å². The minimum Gasteiger partial charge on any atom is -0.354 e. The molecular formula is C16H27N3. The van der Waals surface area contributed by atoms with Crippen molar-refractivity contribution in [3.8, 4) is 0 Å². The van der Waals surface area contributed by atoms with Crippen molar-refractivity contribution < 1.29 is 0 Å². The number of nitrogens with one attached hydrogen (secondary N) is 1. The van der Waals surface area contributed by atoms with Crippen LogP contribution in [0.5, 0.6) is 0 Å². The molecule has 0 bridgehead atoms. The smallest absolute Gasteiger partial charge is 0.131 e. The molecule has 106 valence electrons. The molecule has 1 N–H and O–H groups in total. The van der Waals surface area contributed by atoms with E-state index in [0.717, 1.165) is 19.6 Å². The van der Waals surface area contributed by atoms with Crippen LogP contribution in [0.4, 0.5) is 5.82 Å². The third kappa shape index (κ3) is 3.69. The van der Waals surface area contributed by atoms with E-state index in [9.17, 15) is 0 Å². The van der Waals surface area contributed by atoms with Gasteiger partial charge in [-0.25, -0.2) is 4.98 Å². The Bertz CT molecular complexity index is 414. The predicted octanol–water partition coefficient (Wildman–Crippen LogP) is 3.12. The number of nitrogens with zero attached hydrogens (tertiary/aromatic N) is 2. The molecule has 1 fully saturated rings. The van der Waals surface area contributed by atoms with Crippen LogP contribution in [0, 0.1) is 12.8 Å². The molecule has 3 heteroatoms. The van der Waals surface area contributed by atoms with Gasteiger partial charge in [0.1, 0.15) is 5.82 Å². The molecule has 0 saturated carbocycles. The molecule has 19 heavy (non-hydrogen) atoms. The third-order valence-electron chi connectivity index (χ3n) is 3.81. The summed E-state index contributed by atoms with van der Waals surface area (Å²) >= 11 is 0. The van der Waals surface area contributed by atoms with Gasteiger partial charge in [-0.2, -0.15) is 0 Å². The summed E-state index contributed by atoms with van der Waals surface area (Å²) < 4.78 is 0. The summed E-state index contributed by atoms with van der Waals surface area (Å²) in [5.74, 6) is 1.87. The topological polar surface area (TPSA) is 28.2 Å². The van der Waals surface area contributed by atoms with Crippen LogP contribution in [-0.2, 0) is 6.54 Å². The van der Waals surface area contributed by atoms with E-state index in [2.05, 4.69) is 44.0 Å². The number of rotatable bonds is 5. The van der Waals surface area contributed by atoms with Gasteiger partial charge in [-0.3, -0.25) is 0 Å². The summed E-state index contributed by atoms with van der Waals surface area (Å²) in [4.78, 5) is 7.14. The minimum atomic E-state index is 0.635. The SMILES string of the molecule is Cc1cc(CNCC(C)C)cnc1N1CCCC1C. The Morgan fingerprint density at radius 3 is 2.84 bits per heavy atom. The second-order valence-corrected chi connectivity index (χ2v) is 6.19. The fourth-order valence-corrected chi connectivity index (χ4v) is 2.78. The summed E-state index contributed by atoms with van der Waals surface area (Å²) in [5.41, 5.74) is 2.59. The highest BCUT2D eigenvalue weighted by Crippen LogP contribution is 2.26. The Kier molecular flexibility index (Phi) is 4.81. The maximum Gasteiger partial charge on any atom is 0.131 e. The molecule has 2 rings (SSSR count). The molecule has 1 aliphatic rings. The van der Waals surface area contributed by atoms with Crippen molar-refractivity contribution in [2.24, 2.45) is 5.92 Å². The van der Waals surface area contributed by atoms with E-state index < -0.39 is 0 Å². The largest absolute Gasteiger partial charge is 0.354 e. The zero-order chi connectivity index (χ0) is 13.8. The van der Waals surface area contributed by atoms with Gasteiger partial charge in [0.05, 0.1) is 0 Å². The first-order valence-electron chi connectivity index (χ1n) is 7.51. The molecule has 3 nitrogen and oxygen atoms in total. The van der Waals surface area contributed by atoms with E-state index in [1.165, 1.54) is 29.8 Å². The summed E-state index contributed by atoms with van der Waals surface area (Å²) in [6.45, 7) is 12.1. The lowest BCUT2D eigenvalue weighted by molar-refractivity contribution is 0.551. The second kappa shape index (κ2) is 6.38. The van der Waals surface area contributed by atoms with Crippen molar-refractivity contribution in [2.75, 3.05) is 18.0 Å². The van der Waals surface area contributed by atoms with Crippen LogP contribution in [-0.4, -0.2) is 24.1 Å². The van der Waals surface area contributed by atoms with Gasteiger partial charge in [0.25, 0.3) is 0 Å². The minimum absolute atomic E-state index is 0.635. The monoisotopic (exact) mass is 261 g/mol. The fourth-order valence-electron chi connectivity index (χ4n) is 2.78. The number of aromatic nitrogens is 1. The molecule has 2 heterocycles. The van der Waals surface area contributed by atoms with Gasteiger partial charge < -0.3 is 10.2 Å². The molecule has 0 aliphatic carbocycles. The maximum atomic E-state index is 4.69. The van der Waals surface area contributed by atoms with E-state index in [-0.39, 0.29) is 0 Å². The lowest BCUT2D eigenvalue weighted by Gasteiger charge is -2.24. The molecule has 1 aromatic rings. The molecule has 0 aromatic carbocycles. The standard InChI is InChI=1S/C16H27N3/c1-12(2)9-17-10-15-8-13(3)16(18-11-15)19-7-5-6-14(19)4/h8,11-12,14,17H,5-7,9-10H2,1-4H3. The summed E-state index contributed by atoms with van der Waals surface area (Å²) in [5, 5.41) is 3.47. The van der Waals surface area contributed by atoms with E-state index in [4.69, 9.17) is 4.98 Å². The zero-order valence-electron chi connectivity index (χ0n) is 12.7. The van der Waals surface area contributed by atoms with E-state index in [1.54, 1.807) is 0 Å². The number of pyridine rings is 1. The molecule has 1 aromatic heterocycles. The van der Waals surface area contributed by atoms with Gasteiger partial charge >= 0.3 is 0 Å². The normalized spacial score (nSPS) is 19.4. The molecule has 0 amide bonds. The summed E-state index contributed by atoms with van der Waals surface area (Å²) in [7, 11) is 0. The maximum absolute atomic E-state index is 4.69. The molecular weight excluding hydrogens is 234 g/mol. The fraction of sp³-hybridized carbons (Fsp3) is 0.688. The summed E-state index contributed by atoms with van der Waals surface area (Å²) in [6.07, 6.45) is 4.61. The van der Waals surface area contributed by atoms with Crippen LogP contribution >= 0.6 is 0 Å². The highest BCUT2D eigenvalue weighted by Gasteiger charge is 2.22. The average molecular weight is 261 g/mol. The summed E-state index contributed by atoms with van der Waals surface area (Å²) in [6, 6.07) is 2.91. The van der Waals surface area contributed by atoms with Gasteiger partial charge in [0, 0.05) is 25.3 Å². The Morgan fingerprint density at radius 2 is 2.26 bits per heavy atom. The van der Waals surface area contributed by atoms with Crippen LogP contribution < -0.4 is 10.2 Å². The first kappa shape index (κ1) is 14.3. The molecule has 1 aliphatic heterocycles. The Balaban J connectivity index is 2.00. The molecule has 1 unspecified atom stereocenters. The van der Waals surface area contributed by atoms with Gasteiger partial charge in [0.2, 0.25) is 0 Å². The van der Waals surface area contributed by atoms with Crippen molar-refractivity contribution in [3.63, 3.8) is 0 Å². The first-order chi connectivity index (χ1) is 9.08. The lowest BCUT2D eigenvalue weighted by Crippen LogP contribution is -2.28. The average Bonchev–Trinajstić information content (AvgIpc) is 2.75. The molecule has 0 spiro atoms. The van der Waals surface area contributed by atoms with Crippen LogP contribution in [0.3, 0.4) is 0 Å². The van der Waals surface area contributed by atoms with Gasteiger partial charge in [-0.05, 0) is 56.3 Å². The molecule has 1 saturated heterocycles. The Hall–Kier alpha value is -1.09. The van der Waals surface area contributed by atoms with Crippen LogP contribution in [0.15, 0.2) is 12.3 Å². The van der Waals surface area contributed by atoms with Crippen molar-refractivity contribution in [1.82, 2.24) is 10.3 Å². The van der Waals surface area contributed by atoms with E-state index >= 15 is 0 Å². The quantitative estimate of drug-likeness (QED) is 0.882. The first-order valence-corrected chi connectivity index (χ1v) is 7.51. The molecule has 1 atom stereocenters. The Morgan fingerprint density at radius 1 is 1.47 bits per heavy atom. The van der Waals surface area contributed by atoms with Crippen molar-refractivity contribution in [1.29, 1.82) is 0 Å². The van der Waals surface area contributed by atoms with E-state index in [0.29, 0.717) is 12.0 Å². The highest BCUT2D eigenvalue weighted by atomic mass is 15.2. The van der Waals surface area contributed by atoms with Gasteiger partial charge in [0.15, 0.2) is 0 Å². The number of hydrogen-bond donors (Lipinski definition) is 1. The van der Waals surface area contributed by atoms with Crippen molar-refractivity contribution >= 4 is 5.82 Å². The van der Waals surface area contributed by atoms with E-state index in [1.807, 2.05) is 6.20 Å². The van der Waals surface area contributed by atoms with Crippen LogP contribution in [0.1, 0.15) is 44.7 Å². The number of aryl methyl sites for hydroxylation is 1. The Labute approximate surface area is 117 Å².